The van der Waals surface area contributed by atoms with Crippen LogP contribution in [-0.4, -0.2) is 5.78 Å². The summed E-state index contributed by atoms with van der Waals surface area (Å²) in [4.78, 5) is 12.1. The van der Waals surface area contributed by atoms with Crippen LogP contribution in [0, 0.1) is 11.6 Å². The molecule has 98 valence electrons. The predicted molar refractivity (Wildman–Crippen MR) is 76.2 cm³/mol. The van der Waals surface area contributed by atoms with Gasteiger partial charge in [0.25, 0.3) is 0 Å². The molecule has 0 aliphatic carbocycles. The summed E-state index contributed by atoms with van der Waals surface area (Å²) in [5, 5.41) is 0. The molecule has 2 aromatic rings. The van der Waals surface area contributed by atoms with Crippen LogP contribution in [0.15, 0.2) is 45.3 Å². The van der Waals surface area contributed by atoms with E-state index in [9.17, 15) is 13.6 Å². The quantitative estimate of drug-likeness (QED) is 0.681. The van der Waals surface area contributed by atoms with Crippen LogP contribution in [0.5, 0.6) is 0 Å². The van der Waals surface area contributed by atoms with E-state index in [0.29, 0.717) is 8.95 Å². The number of carbonyl (C=O) groups is 1. The third kappa shape index (κ3) is 3.48. The summed E-state index contributed by atoms with van der Waals surface area (Å²) in [6.45, 7) is 0. The van der Waals surface area contributed by atoms with Gasteiger partial charge in [-0.2, -0.15) is 0 Å². The Bertz CT molecular complexity index is 641. The Labute approximate surface area is 125 Å². The van der Waals surface area contributed by atoms with Gasteiger partial charge in [0.05, 0.1) is 0 Å². The van der Waals surface area contributed by atoms with Gasteiger partial charge >= 0.3 is 0 Å². The zero-order valence-corrected chi connectivity index (χ0v) is 12.8. The molecule has 0 bridgehead atoms. The minimum Gasteiger partial charge on any atom is -0.294 e. The zero-order chi connectivity index (χ0) is 14.0. The van der Waals surface area contributed by atoms with Crippen molar-refractivity contribution in [2.75, 3.05) is 0 Å². The van der Waals surface area contributed by atoms with E-state index < -0.39 is 11.6 Å². The Balaban J connectivity index is 2.30. The molecule has 0 aromatic heterocycles. The molecule has 0 spiro atoms. The molecule has 0 saturated carbocycles. The van der Waals surface area contributed by atoms with Gasteiger partial charge in [-0.05, 0) is 42.0 Å². The Morgan fingerprint density at radius 2 is 1.79 bits per heavy atom. The van der Waals surface area contributed by atoms with Gasteiger partial charge < -0.3 is 0 Å². The van der Waals surface area contributed by atoms with Gasteiger partial charge in [-0.15, -0.1) is 0 Å². The first-order valence-corrected chi connectivity index (χ1v) is 6.98. The van der Waals surface area contributed by atoms with Gasteiger partial charge in [0.1, 0.15) is 11.6 Å². The predicted octanol–water partition coefficient (Wildman–Crippen LogP) is 4.92. The van der Waals surface area contributed by atoms with Crippen molar-refractivity contribution in [3.05, 3.63) is 68.1 Å². The second-order valence-corrected chi connectivity index (χ2v) is 5.73. The van der Waals surface area contributed by atoms with Crippen LogP contribution in [0.2, 0.25) is 0 Å². The molecule has 0 unspecified atom stereocenters. The lowest BCUT2D eigenvalue weighted by Crippen LogP contribution is -2.06. The summed E-state index contributed by atoms with van der Waals surface area (Å²) in [5.41, 5.74) is 0.481. The summed E-state index contributed by atoms with van der Waals surface area (Å²) in [7, 11) is 0. The smallest absolute Gasteiger partial charge is 0.168 e. The number of Topliss-reactive ketones (excluding diaryl/α,β-unsaturated/α-hetero) is 1. The number of rotatable bonds is 3. The lowest BCUT2D eigenvalue weighted by atomic mass is 10.0. The fourth-order valence-electron chi connectivity index (χ4n) is 1.66. The van der Waals surface area contributed by atoms with Gasteiger partial charge in [-0.1, -0.05) is 31.9 Å². The highest BCUT2D eigenvalue weighted by Crippen LogP contribution is 2.22. The number of carbonyl (C=O) groups excluding carboxylic acids is 1. The van der Waals surface area contributed by atoms with Crippen molar-refractivity contribution in [3.8, 4) is 0 Å². The van der Waals surface area contributed by atoms with Crippen molar-refractivity contribution in [3.63, 3.8) is 0 Å². The molecule has 1 nitrogen and oxygen atoms in total. The summed E-state index contributed by atoms with van der Waals surface area (Å²) in [6.07, 6.45) is -0.118. The van der Waals surface area contributed by atoms with E-state index in [2.05, 4.69) is 31.9 Å². The van der Waals surface area contributed by atoms with Crippen molar-refractivity contribution in [1.82, 2.24) is 0 Å². The summed E-state index contributed by atoms with van der Waals surface area (Å²) in [5.74, 6) is -1.30. The fourth-order valence-corrected chi connectivity index (χ4v) is 2.53. The van der Waals surface area contributed by atoms with Gasteiger partial charge in [0.2, 0.25) is 0 Å². The van der Waals surface area contributed by atoms with Crippen LogP contribution in [0.4, 0.5) is 8.78 Å². The van der Waals surface area contributed by atoms with E-state index in [-0.39, 0.29) is 23.3 Å². The van der Waals surface area contributed by atoms with Crippen LogP contribution in [0.1, 0.15) is 15.9 Å². The number of hydrogen-bond acceptors (Lipinski definition) is 1. The van der Waals surface area contributed by atoms with E-state index in [1.807, 2.05) is 0 Å². The van der Waals surface area contributed by atoms with Crippen molar-refractivity contribution >= 4 is 37.6 Å². The zero-order valence-electron chi connectivity index (χ0n) is 9.59. The van der Waals surface area contributed by atoms with Crippen LogP contribution in [-0.2, 0) is 6.42 Å². The molecule has 0 aliphatic rings. The van der Waals surface area contributed by atoms with E-state index in [1.54, 1.807) is 12.1 Å². The van der Waals surface area contributed by atoms with Gasteiger partial charge in [-0.25, -0.2) is 8.78 Å². The summed E-state index contributed by atoms with van der Waals surface area (Å²) in [6, 6.07) is 8.23. The molecular formula is C14H8Br2F2O. The number of benzene rings is 2. The Morgan fingerprint density at radius 3 is 2.53 bits per heavy atom. The van der Waals surface area contributed by atoms with E-state index in [4.69, 9.17) is 0 Å². The molecule has 0 radical (unpaired) electrons. The lowest BCUT2D eigenvalue weighted by Gasteiger charge is -2.06. The van der Waals surface area contributed by atoms with Crippen molar-refractivity contribution in [1.29, 1.82) is 0 Å². The average molecular weight is 390 g/mol. The third-order valence-corrected chi connectivity index (χ3v) is 3.77. The number of halogens is 4. The Morgan fingerprint density at radius 1 is 1.05 bits per heavy atom. The summed E-state index contributed by atoms with van der Waals surface area (Å²) >= 11 is 6.41. The minimum atomic E-state index is -0.499. The average Bonchev–Trinajstić information content (AvgIpc) is 2.36. The molecule has 0 heterocycles. The van der Waals surface area contributed by atoms with Crippen molar-refractivity contribution in [2.45, 2.75) is 6.42 Å². The first kappa shape index (κ1) is 14.3. The normalized spacial score (nSPS) is 10.5. The molecular weight excluding hydrogens is 382 g/mol. The van der Waals surface area contributed by atoms with Crippen LogP contribution in [0.25, 0.3) is 0 Å². The van der Waals surface area contributed by atoms with Gasteiger partial charge in [-0.3, -0.25) is 4.79 Å². The molecule has 2 aromatic carbocycles. The molecule has 2 rings (SSSR count). The van der Waals surface area contributed by atoms with Crippen LogP contribution >= 0.6 is 31.9 Å². The standard InChI is InChI=1S/C14H8Br2F2O/c15-9-1-4-13(18)8(5-9)6-14(19)11-7-10(17)2-3-12(11)16/h1-5,7H,6H2. The fraction of sp³-hybridized carbons (Fsp3) is 0.0714. The highest BCUT2D eigenvalue weighted by molar-refractivity contribution is 9.10. The maximum Gasteiger partial charge on any atom is 0.168 e. The van der Waals surface area contributed by atoms with Gasteiger partial charge in [0.15, 0.2) is 5.78 Å². The Kier molecular flexibility index (Phi) is 4.47. The van der Waals surface area contributed by atoms with E-state index >= 15 is 0 Å². The minimum absolute atomic E-state index is 0.118. The Hall–Kier alpha value is -1.07. The first-order chi connectivity index (χ1) is 8.97. The van der Waals surface area contributed by atoms with Crippen LogP contribution in [0.3, 0.4) is 0 Å². The maximum absolute atomic E-state index is 13.6. The largest absolute Gasteiger partial charge is 0.294 e. The number of ketones is 1. The maximum atomic E-state index is 13.6. The van der Waals surface area contributed by atoms with Gasteiger partial charge in [0, 0.05) is 20.9 Å². The van der Waals surface area contributed by atoms with E-state index in [0.717, 1.165) is 6.07 Å². The second kappa shape index (κ2) is 5.92. The monoisotopic (exact) mass is 388 g/mol. The summed E-state index contributed by atoms with van der Waals surface area (Å²) < 4.78 is 27.9. The SMILES string of the molecule is O=C(Cc1cc(Br)ccc1F)c1cc(F)ccc1Br. The lowest BCUT2D eigenvalue weighted by molar-refractivity contribution is 0.0990. The highest BCUT2D eigenvalue weighted by Gasteiger charge is 2.14. The molecule has 0 N–H and O–H groups in total. The second-order valence-electron chi connectivity index (χ2n) is 3.96. The molecule has 0 amide bonds. The number of hydrogen-bond donors (Lipinski definition) is 0. The molecule has 0 atom stereocenters. The highest BCUT2D eigenvalue weighted by atomic mass is 79.9. The van der Waals surface area contributed by atoms with Crippen molar-refractivity contribution < 1.29 is 13.6 Å². The van der Waals surface area contributed by atoms with E-state index in [1.165, 1.54) is 18.2 Å². The molecule has 0 saturated heterocycles. The first-order valence-electron chi connectivity index (χ1n) is 5.39. The van der Waals surface area contributed by atoms with Crippen molar-refractivity contribution in [2.24, 2.45) is 0 Å². The topological polar surface area (TPSA) is 17.1 Å². The van der Waals surface area contributed by atoms with Crippen LogP contribution < -0.4 is 0 Å². The third-order valence-electron chi connectivity index (χ3n) is 2.59. The molecule has 5 heteroatoms. The molecule has 0 fully saturated rings. The molecule has 19 heavy (non-hydrogen) atoms. The molecule has 0 aliphatic heterocycles.